The molecule has 0 aromatic heterocycles. The largest absolute Gasteiger partial charge is 0.483 e. The van der Waals surface area contributed by atoms with E-state index in [9.17, 15) is 22.8 Å². The number of carbonyl (C=O) groups excluding carboxylic acids is 2. The average Bonchev–Trinajstić information content (AvgIpc) is 2.61. The van der Waals surface area contributed by atoms with Crippen molar-refractivity contribution in [3.05, 3.63) is 41.3 Å². The smallest absolute Gasteiger partial charge is 0.453 e. The number of amides is 1. The van der Waals surface area contributed by atoms with Crippen LogP contribution in [0.4, 0.5) is 18.9 Å². The third kappa shape index (κ3) is 4.90. The van der Waals surface area contributed by atoms with Crippen LogP contribution in [0.25, 0.3) is 0 Å². The number of ether oxygens (including phenoxy) is 3. The molecule has 0 saturated heterocycles. The number of allylic oxidation sites excluding steroid dienone is 1. The molecule has 9 heteroatoms. The molecule has 0 fully saturated rings. The molecular formula is C17H18F3NO5. The van der Waals surface area contributed by atoms with Crippen LogP contribution in [-0.4, -0.2) is 37.9 Å². The molecule has 2 rings (SSSR count). The molecule has 1 heterocycles. The van der Waals surface area contributed by atoms with Crippen molar-refractivity contribution in [3.63, 3.8) is 0 Å². The molecule has 0 atom stereocenters. The summed E-state index contributed by atoms with van der Waals surface area (Å²) in [6.07, 6.45) is -3.36. The van der Waals surface area contributed by atoms with Gasteiger partial charge in [0.2, 0.25) is 11.5 Å². The molecule has 1 aromatic rings. The monoisotopic (exact) mass is 373 g/mol. The second kappa shape index (κ2) is 8.59. The van der Waals surface area contributed by atoms with Crippen LogP contribution >= 0.6 is 0 Å². The van der Waals surface area contributed by atoms with Crippen LogP contribution in [0.15, 0.2) is 35.8 Å². The first-order valence-electron chi connectivity index (χ1n) is 7.99. The maximum absolute atomic E-state index is 13.0. The topological polar surface area (TPSA) is 73.9 Å². The van der Waals surface area contributed by atoms with Crippen molar-refractivity contribution in [3.8, 4) is 0 Å². The molecule has 142 valence electrons. The SMILES string of the molecule is CCCCOC(=O)c1ccccc1NC(=O)C1=C(C(F)(F)F)OCCO1. The normalized spacial score (nSPS) is 14.3. The quantitative estimate of drug-likeness (QED) is 0.611. The molecule has 1 N–H and O–H groups in total. The van der Waals surface area contributed by atoms with Crippen molar-refractivity contribution in [2.45, 2.75) is 25.9 Å². The predicted octanol–water partition coefficient (Wildman–Crippen LogP) is 3.40. The standard InChI is InChI=1S/C17H18F3NO5/c1-2-3-8-26-16(23)11-6-4-5-7-12(11)21-15(22)13-14(17(18,19)20)25-10-9-24-13/h4-7H,2-3,8-10H2,1H3,(H,21,22). The van der Waals surface area contributed by atoms with Gasteiger partial charge in [-0.05, 0) is 18.6 Å². The van der Waals surface area contributed by atoms with Gasteiger partial charge in [-0.15, -0.1) is 0 Å². The minimum absolute atomic E-state index is 0.0159. The Morgan fingerprint density at radius 3 is 2.58 bits per heavy atom. The highest BCUT2D eigenvalue weighted by Crippen LogP contribution is 2.32. The van der Waals surface area contributed by atoms with Crippen molar-refractivity contribution < 1.29 is 37.0 Å². The fourth-order valence-electron chi connectivity index (χ4n) is 2.13. The summed E-state index contributed by atoms with van der Waals surface area (Å²) in [6, 6.07) is 5.86. The Labute approximate surface area is 147 Å². The molecule has 1 amide bonds. The van der Waals surface area contributed by atoms with Gasteiger partial charge >= 0.3 is 12.1 Å². The fourth-order valence-corrected chi connectivity index (χ4v) is 2.13. The van der Waals surface area contributed by atoms with E-state index in [1.54, 1.807) is 6.07 Å². The van der Waals surface area contributed by atoms with Crippen molar-refractivity contribution in [2.75, 3.05) is 25.1 Å². The number of anilines is 1. The Morgan fingerprint density at radius 2 is 1.88 bits per heavy atom. The van der Waals surface area contributed by atoms with Crippen molar-refractivity contribution >= 4 is 17.6 Å². The maximum Gasteiger partial charge on any atom is 0.453 e. The van der Waals surface area contributed by atoms with Crippen molar-refractivity contribution in [2.24, 2.45) is 0 Å². The molecule has 0 unspecified atom stereocenters. The number of hydrogen-bond acceptors (Lipinski definition) is 5. The summed E-state index contributed by atoms with van der Waals surface area (Å²) >= 11 is 0. The van der Waals surface area contributed by atoms with Crippen LogP contribution in [-0.2, 0) is 19.0 Å². The lowest BCUT2D eigenvalue weighted by molar-refractivity contribution is -0.151. The van der Waals surface area contributed by atoms with E-state index in [4.69, 9.17) is 9.47 Å². The van der Waals surface area contributed by atoms with E-state index in [2.05, 4.69) is 10.1 Å². The van der Waals surface area contributed by atoms with Crippen LogP contribution in [0, 0.1) is 0 Å². The van der Waals surface area contributed by atoms with E-state index in [0.29, 0.717) is 6.42 Å². The van der Waals surface area contributed by atoms with E-state index < -0.39 is 29.6 Å². The number of alkyl halides is 3. The van der Waals surface area contributed by atoms with Crippen molar-refractivity contribution in [1.82, 2.24) is 0 Å². The first-order valence-corrected chi connectivity index (χ1v) is 7.99. The van der Waals surface area contributed by atoms with Gasteiger partial charge in [0.05, 0.1) is 17.9 Å². The van der Waals surface area contributed by atoms with Gasteiger partial charge in [0.1, 0.15) is 13.2 Å². The molecule has 26 heavy (non-hydrogen) atoms. The molecule has 1 aliphatic rings. The number of esters is 1. The highest BCUT2D eigenvalue weighted by atomic mass is 19.4. The van der Waals surface area contributed by atoms with Crippen LogP contribution in [0.2, 0.25) is 0 Å². The van der Waals surface area contributed by atoms with E-state index in [0.717, 1.165) is 6.42 Å². The van der Waals surface area contributed by atoms with Gasteiger partial charge in [0, 0.05) is 0 Å². The summed E-state index contributed by atoms with van der Waals surface area (Å²) in [5, 5.41) is 2.25. The molecule has 0 aliphatic carbocycles. The Bertz CT molecular complexity index is 700. The zero-order chi connectivity index (χ0) is 19.2. The van der Waals surface area contributed by atoms with Gasteiger partial charge in [-0.1, -0.05) is 25.5 Å². The zero-order valence-electron chi connectivity index (χ0n) is 14.0. The van der Waals surface area contributed by atoms with Gasteiger partial charge in [-0.3, -0.25) is 4.79 Å². The Balaban J connectivity index is 2.21. The molecular weight excluding hydrogens is 355 g/mol. The number of unbranched alkanes of at least 4 members (excludes halogenated alkanes) is 1. The summed E-state index contributed by atoms with van der Waals surface area (Å²) in [7, 11) is 0. The Hall–Kier alpha value is -2.71. The average molecular weight is 373 g/mol. The summed E-state index contributed by atoms with van der Waals surface area (Å²) in [4.78, 5) is 24.3. The van der Waals surface area contributed by atoms with Crippen molar-refractivity contribution in [1.29, 1.82) is 0 Å². The van der Waals surface area contributed by atoms with Crippen LogP contribution < -0.4 is 5.32 Å². The molecule has 1 aromatic carbocycles. The van der Waals surface area contributed by atoms with E-state index in [1.807, 2.05) is 6.92 Å². The summed E-state index contributed by atoms with van der Waals surface area (Å²) in [5.74, 6) is -4.31. The van der Waals surface area contributed by atoms with E-state index in [1.165, 1.54) is 18.2 Å². The third-order valence-corrected chi connectivity index (χ3v) is 3.37. The molecule has 0 spiro atoms. The number of para-hydroxylation sites is 1. The second-order valence-electron chi connectivity index (χ2n) is 5.34. The number of benzene rings is 1. The summed E-state index contributed by atoms with van der Waals surface area (Å²) in [5.41, 5.74) is 0.0463. The zero-order valence-corrected chi connectivity index (χ0v) is 14.0. The first-order chi connectivity index (χ1) is 12.3. The molecule has 0 radical (unpaired) electrons. The van der Waals surface area contributed by atoms with Gasteiger partial charge in [0.15, 0.2) is 0 Å². The van der Waals surface area contributed by atoms with E-state index >= 15 is 0 Å². The Morgan fingerprint density at radius 1 is 1.19 bits per heavy atom. The van der Waals surface area contributed by atoms with Gasteiger partial charge in [-0.2, -0.15) is 13.2 Å². The predicted molar refractivity (Wildman–Crippen MR) is 85.2 cm³/mol. The maximum atomic E-state index is 13.0. The van der Waals surface area contributed by atoms with Crippen LogP contribution in [0.5, 0.6) is 0 Å². The number of rotatable bonds is 6. The molecule has 6 nitrogen and oxygen atoms in total. The highest BCUT2D eigenvalue weighted by Gasteiger charge is 2.43. The molecule has 0 bridgehead atoms. The molecule has 0 saturated carbocycles. The summed E-state index contributed by atoms with van der Waals surface area (Å²) < 4.78 is 53.3. The highest BCUT2D eigenvalue weighted by molar-refractivity contribution is 6.07. The minimum atomic E-state index is -4.87. The first kappa shape index (κ1) is 19.6. The Kier molecular flexibility index (Phi) is 6.48. The van der Waals surface area contributed by atoms with Gasteiger partial charge in [-0.25, -0.2) is 4.79 Å². The molecule has 1 aliphatic heterocycles. The number of nitrogens with one attached hydrogen (secondary N) is 1. The fraction of sp³-hybridized carbons (Fsp3) is 0.412. The lowest BCUT2D eigenvalue weighted by Crippen LogP contribution is -2.30. The van der Waals surface area contributed by atoms with Gasteiger partial charge < -0.3 is 19.5 Å². The summed E-state index contributed by atoms with van der Waals surface area (Å²) in [6.45, 7) is 1.63. The number of hydrogen-bond donors (Lipinski definition) is 1. The minimum Gasteiger partial charge on any atom is -0.483 e. The second-order valence-corrected chi connectivity index (χ2v) is 5.34. The number of halogens is 3. The number of carbonyl (C=O) groups is 2. The van der Waals surface area contributed by atoms with Crippen LogP contribution in [0.1, 0.15) is 30.1 Å². The lowest BCUT2D eigenvalue weighted by Gasteiger charge is -2.23. The van der Waals surface area contributed by atoms with Crippen LogP contribution in [0.3, 0.4) is 0 Å². The lowest BCUT2D eigenvalue weighted by atomic mass is 10.1. The van der Waals surface area contributed by atoms with E-state index in [-0.39, 0.29) is 31.1 Å². The third-order valence-electron chi connectivity index (χ3n) is 3.37. The van der Waals surface area contributed by atoms with Gasteiger partial charge in [0.25, 0.3) is 5.91 Å².